The lowest BCUT2D eigenvalue weighted by Crippen LogP contribution is -2.29. The van der Waals surface area contributed by atoms with Crippen molar-refractivity contribution in [1.82, 2.24) is 0 Å². The lowest BCUT2D eigenvalue weighted by atomic mass is 10.2. The quantitative estimate of drug-likeness (QED) is 0.589. The van der Waals surface area contributed by atoms with E-state index in [1.807, 2.05) is 5.32 Å². The second-order valence-electron chi connectivity index (χ2n) is 4.55. The normalized spacial score (nSPS) is 10.1. The van der Waals surface area contributed by atoms with Gasteiger partial charge in [-0.1, -0.05) is 6.07 Å². The maximum atomic E-state index is 13.4. The van der Waals surface area contributed by atoms with E-state index < -0.39 is 23.4 Å². The van der Waals surface area contributed by atoms with Gasteiger partial charge in [0.1, 0.15) is 17.4 Å². The van der Waals surface area contributed by atoms with Gasteiger partial charge in [0.15, 0.2) is 0 Å². The highest BCUT2D eigenvalue weighted by atomic mass is 19.1. The fourth-order valence-electron chi connectivity index (χ4n) is 1.70. The molecule has 0 fully saturated rings. The summed E-state index contributed by atoms with van der Waals surface area (Å²) in [6, 6.07) is 7.00. The Balaban J connectivity index is 2.07. The summed E-state index contributed by atoms with van der Waals surface area (Å²) < 4.78 is 26.1. The van der Waals surface area contributed by atoms with Crippen molar-refractivity contribution in [3.05, 3.63) is 53.6 Å². The van der Waals surface area contributed by atoms with Gasteiger partial charge in [-0.05, 0) is 36.8 Å². The van der Waals surface area contributed by atoms with Crippen LogP contribution in [0, 0.1) is 18.6 Å². The molecule has 7 heteroatoms. The van der Waals surface area contributed by atoms with Gasteiger partial charge >= 0.3 is 11.8 Å². The molecule has 0 aromatic heterocycles. The number of carbonyl (C=O) groups is 2. The lowest BCUT2D eigenvalue weighted by Gasteiger charge is -2.09. The first-order valence-electron chi connectivity index (χ1n) is 6.24. The van der Waals surface area contributed by atoms with Gasteiger partial charge in [-0.15, -0.1) is 0 Å². The van der Waals surface area contributed by atoms with Crippen LogP contribution in [-0.2, 0) is 9.59 Å². The first-order chi connectivity index (χ1) is 10.4. The Hall–Kier alpha value is -2.96. The smallest absolute Gasteiger partial charge is 0.314 e. The number of halogens is 2. The zero-order valence-electron chi connectivity index (χ0n) is 11.5. The van der Waals surface area contributed by atoms with Crippen molar-refractivity contribution in [3.8, 4) is 5.75 Å². The molecule has 0 aliphatic rings. The summed E-state index contributed by atoms with van der Waals surface area (Å²) in [7, 11) is 0. The fourth-order valence-corrected chi connectivity index (χ4v) is 1.70. The van der Waals surface area contributed by atoms with Crippen LogP contribution in [0.2, 0.25) is 0 Å². The largest absolute Gasteiger partial charge is 0.506 e. The number of rotatable bonds is 2. The minimum Gasteiger partial charge on any atom is -0.506 e. The topological polar surface area (TPSA) is 78.4 Å². The summed E-state index contributed by atoms with van der Waals surface area (Å²) >= 11 is 0. The predicted molar refractivity (Wildman–Crippen MR) is 76.5 cm³/mol. The molecule has 2 aromatic rings. The van der Waals surface area contributed by atoms with Gasteiger partial charge in [0.05, 0.1) is 11.4 Å². The predicted octanol–water partition coefficient (Wildman–Crippen LogP) is 2.56. The molecule has 2 aromatic carbocycles. The Labute approximate surface area is 124 Å². The number of nitrogens with one attached hydrogen (secondary N) is 2. The molecule has 0 saturated carbocycles. The monoisotopic (exact) mass is 306 g/mol. The van der Waals surface area contributed by atoms with Crippen LogP contribution in [0.1, 0.15) is 5.56 Å². The van der Waals surface area contributed by atoms with Crippen LogP contribution < -0.4 is 10.6 Å². The summed E-state index contributed by atoms with van der Waals surface area (Å²) in [6.07, 6.45) is 0. The third-order valence-corrected chi connectivity index (χ3v) is 2.79. The Kier molecular flexibility index (Phi) is 4.36. The molecule has 3 N–H and O–H groups in total. The number of carbonyl (C=O) groups excluding carboxylic acids is 2. The maximum absolute atomic E-state index is 13.4. The Morgan fingerprint density at radius 3 is 2.14 bits per heavy atom. The van der Waals surface area contributed by atoms with Crippen molar-refractivity contribution >= 4 is 23.2 Å². The number of anilines is 2. The van der Waals surface area contributed by atoms with Crippen LogP contribution in [-0.4, -0.2) is 16.9 Å². The number of aromatic hydroxyl groups is 1. The van der Waals surface area contributed by atoms with Gasteiger partial charge in [0.25, 0.3) is 0 Å². The molecule has 0 spiro atoms. The molecule has 114 valence electrons. The first kappa shape index (κ1) is 15.4. The van der Waals surface area contributed by atoms with Gasteiger partial charge < -0.3 is 15.7 Å². The second kappa shape index (κ2) is 6.21. The minimum atomic E-state index is -1.15. The molecule has 0 heterocycles. The van der Waals surface area contributed by atoms with Crippen LogP contribution in [0.3, 0.4) is 0 Å². The van der Waals surface area contributed by atoms with Crippen molar-refractivity contribution in [2.45, 2.75) is 6.92 Å². The highest BCUT2D eigenvalue weighted by Gasteiger charge is 2.17. The molecule has 5 nitrogen and oxygen atoms in total. The van der Waals surface area contributed by atoms with E-state index in [1.54, 1.807) is 13.0 Å². The molecule has 0 aliphatic carbocycles. The van der Waals surface area contributed by atoms with E-state index in [-0.39, 0.29) is 17.1 Å². The van der Waals surface area contributed by atoms with Crippen LogP contribution in [0.25, 0.3) is 0 Å². The van der Waals surface area contributed by atoms with Crippen LogP contribution in [0.15, 0.2) is 36.4 Å². The highest BCUT2D eigenvalue weighted by Crippen LogP contribution is 2.23. The molecular weight excluding hydrogens is 294 g/mol. The van der Waals surface area contributed by atoms with Crippen molar-refractivity contribution < 1.29 is 23.5 Å². The minimum absolute atomic E-state index is 0.0466. The second-order valence-corrected chi connectivity index (χ2v) is 4.55. The summed E-state index contributed by atoms with van der Waals surface area (Å²) in [5.41, 5.74) is 0.494. The third kappa shape index (κ3) is 3.57. The zero-order valence-corrected chi connectivity index (χ0v) is 11.5. The molecule has 2 amide bonds. The SMILES string of the molecule is Cc1ccc(NC(=O)C(=O)Nc2ccc(F)cc2F)c(O)c1. The van der Waals surface area contributed by atoms with Gasteiger partial charge in [-0.2, -0.15) is 0 Å². The van der Waals surface area contributed by atoms with E-state index in [0.29, 0.717) is 6.07 Å². The van der Waals surface area contributed by atoms with Gasteiger partial charge in [0, 0.05) is 6.07 Å². The Morgan fingerprint density at radius 2 is 1.55 bits per heavy atom. The van der Waals surface area contributed by atoms with Crippen LogP contribution in [0.4, 0.5) is 20.2 Å². The van der Waals surface area contributed by atoms with E-state index >= 15 is 0 Å². The molecule has 0 bridgehead atoms. The number of hydrogen-bond acceptors (Lipinski definition) is 3. The molecule has 22 heavy (non-hydrogen) atoms. The Morgan fingerprint density at radius 1 is 0.955 bits per heavy atom. The van der Waals surface area contributed by atoms with Crippen molar-refractivity contribution in [3.63, 3.8) is 0 Å². The third-order valence-electron chi connectivity index (χ3n) is 2.79. The van der Waals surface area contributed by atoms with E-state index in [1.165, 1.54) is 12.1 Å². The molecule has 0 unspecified atom stereocenters. The van der Waals surface area contributed by atoms with Gasteiger partial charge in [-0.25, -0.2) is 8.78 Å². The maximum Gasteiger partial charge on any atom is 0.314 e. The van der Waals surface area contributed by atoms with Crippen molar-refractivity contribution in [1.29, 1.82) is 0 Å². The summed E-state index contributed by atoms with van der Waals surface area (Å²) in [6.45, 7) is 1.75. The molecule has 0 atom stereocenters. The van der Waals surface area contributed by atoms with Gasteiger partial charge in [0.2, 0.25) is 0 Å². The molecule has 0 saturated heterocycles. The number of hydrogen-bond donors (Lipinski definition) is 3. The number of aryl methyl sites for hydroxylation is 1. The molecule has 0 aliphatic heterocycles. The van der Waals surface area contributed by atoms with E-state index in [0.717, 1.165) is 17.7 Å². The number of phenolic OH excluding ortho intramolecular Hbond substituents is 1. The average molecular weight is 306 g/mol. The summed E-state index contributed by atoms with van der Waals surface area (Å²) in [5, 5.41) is 13.8. The standard InChI is InChI=1S/C15H12F2N2O3/c1-8-2-4-12(13(20)6-8)19-15(22)14(21)18-11-5-3-9(16)7-10(11)17/h2-7,20H,1H3,(H,18,21)(H,19,22). The molecule has 2 rings (SSSR count). The lowest BCUT2D eigenvalue weighted by molar-refractivity contribution is -0.133. The van der Waals surface area contributed by atoms with E-state index in [9.17, 15) is 23.5 Å². The van der Waals surface area contributed by atoms with Gasteiger partial charge in [-0.3, -0.25) is 9.59 Å². The molecule has 0 radical (unpaired) electrons. The number of benzene rings is 2. The zero-order chi connectivity index (χ0) is 16.3. The van der Waals surface area contributed by atoms with Crippen molar-refractivity contribution in [2.75, 3.05) is 10.6 Å². The summed E-state index contributed by atoms with van der Waals surface area (Å²) in [5.74, 6) is -4.24. The van der Waals surface area contributed by atoms with Crippen LogP contribution >= 0.6 is 0 Å². The van der Waals surface area contributed by atoms with E-state index in [2.05, 4.69) is 5.32 Å². The van der Waals surface area contributed by atoms with Crippen molar-refractivity contribution in [2.24, 2.45) is 0 Å². The fraction of sp³-hybridized carbons (Fsp3) is 0.0667. The highest BCUT2D eigenvalue weighted by molar-refractivity contribution is 6.43. The number of phenols is 1. The summed E-state index contributed by atoms with van der Waals surface area (Å²) in [4.78, 5) is 23.4. The molecular formula is C15H12F2N2O3. The first-order valence-corrected chi connectivity index (χ1v) is 6.24. The van der Waals surface area contributed by atoms with E-state index in [4.69, 9.17) is 0 Å². The van der Waals surface area contributed by atoms with Crippen LogP contribution in [0.5, 0.6) is 5.75 Å². The Bertz CT molecular complexity index is 684. The number of amides is 2. The average Bonchev–Trinajstić information content (AvgIpc) is 2.44.